The zero-order valence-electron chi connectivity index (χ0n) is 24.6. The van der Waals surface area contributed by atoms with Crippen molar-refractivity contribution >= 4 is 77.3 Å². The van der Waals surface area contributed by atoms with E-state index in [9.17, 15) is 38.1 Å². The first-order chi connectivity index (χ1) is 19.3. The second kappa shape index (κ2) is 24.6. The van der Waals surface area contributed by atoms with Crippen molar-refractivity contribution in [3.63, 3.8) is 0 Å². The smallest absolute Gasteiger partial charge is 0.756 e. The van der Waals surface area contributed by atoms with Gasteiger partial charge in [-0.3, -0.25) is 9.13 Å². The number of rotatable bonds is 20. The minimum atomic E-state index is -4.54. The summed E-state index contributed by atoms with van der Waals surface area (Å²) in [6.07, 6.45) is 0. The van der Waals surface area contributed by atoms with Gasteiger partial charge in [0, 0.05) is 22.3 Å². The molecule has 0 rings (SSSR count). The molecule has 0 aromatic rings. The Kier molecular flexibility index (Phi) is 26.2. The average Bonchev–Trinajstić information content (AvgIpc) is 2.89. The molecule has 43 heavy (non-hydrogen) atoms. The van der Waals surface area contributed by atoms with Crippen LogP contribution < -0.4 is 9.79 Å². The summed E-state index contributed by atoms with van der Waals surface area (Å²) in [7, 11) is -9.07. The molecule has 0 amide bonds. The normalized spacial score (nSPS) is 10.6. The van der Waals surface area contributed by atoms with Gasteiger partial charge in [0.05, 0.1) is 26.4 Å². The molecule has 0 spiro atoms. The number of carbonyl (C=O) groups is 4. The third-order valence-corrected chi connectivity index (χ3v) is 5.65. The molecule has 0 radical (unpaired) electrons. The molecule has 0 aliphatic rings. The maximum Gasteiger partial charge on any atom is 2.00 e. The maximum absolute atomic E-state index is 11.3. The molecule has 19 heteroatoms. The average molecular weight is 683 g/mol. The Morgan fingerprint density at radius 2 is 0.628 bits per heavy atom. The van der Waals surface area contributed by atoms with Crippen LogP contribution in [0.4, 0.5) is 0 Å². The number of phosphoric ester groups is 2. The van der Waals surface area contributed by atoms with E-state index >= 15 is 0 Å². The fourth-order valence-corrected chi connectivity index (χ4v) is 3.04. The molecule has 0 aromatic heterocycles. The molecule has 0 aromatic carbocycles. The van der Waals surface area contributed by atoms with Gasteiger partial charge < -0.3 is 46.8 Å². The number of esters is 4. The van der Waals surface area contributed by atoms with Gasteiger partial charge in [0.25, 0.3) is 15.6 Å². The molecule has 16 nitrogen and oxygen atoms in total. The third kappa shape index (κ3) is 27.6. The van der Waals surface area contributed by atoms with Crippen molar-refractivity contribution in [2.75, 3.05) is 52.9 Å². The van der Waals surface area contributed by atoms with E-state index < -0.39 is 39.5 Å². The van der Waals surface area contributed by atoms with Crippen LogP contribution in [0.2, 0.25) is 0 Å². The van der Waals surface area contributed by atoms with Gasteiger partial charge >= 0.3 is 61.6 Å². The molecule has 0 heterocycles. The van der Waals surface area contributed by atoms with E-state index in [1.807, 2.05) is 0 Å². The molecule has 0 fully saturated rings. The summed E-state index contributed by atoms with van der Waals surface area (Å²) in [5, 5.41) is 0. The molecule has 0 aliphatic heterocycles. The monoisotopic (exact) mass is 682 g/mol. The van der Waals surface area contributed by atoms with Crippen LogP contribution in [-0.2, 0) is 65.4 Å². The molecule has 0 bridgehead atoms. The van der Waals surface area contributed by atoms with Crippen LogP contribution in [0.1, 0.15) is 27.7 Å². The van der Waals surface area contributed by atoms with Crippen molar-refractivity contribution in [2.45, 2.75) is 27.7 Å². The Bertz CT molecular complexity index is 927. The van der Waals surface area contributed by atoms with Crippen molar-refractivity contribution in [1.82, 2.24) is 0 Å². The van der Waals surface area contributed by atoms with E-state index in [0.717, 1.165) is 0 Å². The summed E-state index contributed by atoms with van der Waals surface area (Å²) in [5.41, 5.74) is 0.763. The number of ether oxygens (including phenoxy) is 4. The summed E-state index contributed by atoms with van der Waals surface area (Å²) in [4.78, 5) is 66.5. The Balaban J connectivity index is -0.000000727. The van der Waals surface area contributed by atoms with Crippen LogP contribution in [0, 0.1) is 0 Å². The first kappa shape index (κ1) is 45.7. The first-order valence-electron chi connectivity index (χ1n) is 11.8. The minimum absolute atomic E-state index is 0. The molecule has 240 valence electrons. The van der Waals surface area contributed by atoms with Crippen molar-refractivity contribution in [1.29, 1.82) is 0 Å². The van der Waals surface area contributed by atoms with Crippen molar-refractivity contribution in [2.24, 2.45) is 0 Å². The molecular formula is C24H36CaO16P2. The van der Waals surface area contributed by atoms with Crippen LogP contribution in [0.15, 0.2) is 48.6 Å². The van der Waals surface area contributed by atoms with Crippen LogP contribution in [0.5, 0.6) is 0 Å². The van der Waals surface area contributed by atoms with Gasteiger partial charge in [-0.25, -0.2) is 19.2 Å². The zero-order chi connectivity index (χ0) is 32.9. The summed E-state index contributed by atoms with van der Waals surface area (Å²) >= 11 is 0. The van der Waals surface area contributed by atoms with Gasteiger partial charge in [0.15, 0.2) is 0 Å². The number of carbonyl (C=O) groups excluding carboxylic acids is 4. The van der Waals surface area contributed by atoms with Gasteiger partial charge in [0.2, 0.25) is 0 Å². The third-order valence-electron chi connectivity index (χ3n) is 3.66. The summed E-state index contributed by atoms with van der Waals surface area (Å²) < 4.78 is 58.7. The fourth-order valence-electron chi connectivity index (χ4n) is 1.70. The molecule has 0 aliphatic carbocycles. The van der Waals surface area contributed by atoms with Gasteiger partial charge in [-0.2, -0.15) is 0 Å². The second-order valence-electron chi connectivity index (χ2n) is 7.89. The van der Waals surface area contributed by atoms with Crippen LogP contribution in [0.25, 0.3) is 0 Å². The largest absolute Gasteiger partial charge is 2.00 e. The summed E-state index contributed by atoms with van der Waals surface area (Å²) in [6.45, 7) is 16.7. The van der Waals surface area contributed by atoms with Crippen LogP contribution in [0.3, 0.4) is 0 Å². The molecule has 0 saturated carbocycles. The predicted octanol–water partition coefficient (Wildman–Crippen LogP) is 1.07. The number of phosphoric acid groups is 2. The Morgan fingerprint density at radius 3 is 0.767 bits per heavy atom. The van der Waals surface area contributed by atoms with E-state index in [4.69, 9.17) is 0 Å². The van der Waals surface area contributed by atoms with Crippen molar-refractivity contribution < 1.29 is 75.1 Å². The molecule has 0 atom stereocenters. The SMILES string of the molecule is C=C(C)C(=O)OCCOP(=O)([O-])OCCOC(=O)C(=C)C.C=C(C)C(=O)OCCOP(=O)([O-])OCCOC(=O)C(=C)C.[Ca+2]. The fraction of sp³-hybridized carbons (Fsp3) is 0.500. The van der Waals surface area contributed by atoms with Crippen LogP contribution >= 0.6 is 15.6 Å². The predicted molar refractivity (Wildman–Crippen MR) is 148 cm³/mol. The van der Waals surface area contributed by atoms with Gasteiger partial charge in [-0.15, -0.1) is 0 Å². The van der Waals surface area contributed by atoms with E-state index in [1.54, 1.807) is 0 Å². The standard InChI is InChI=1S/2C12H19O8P.Ca/c2*1-9(2)11(13)17-5-7-19-21(15,16)20-8-6-18-12(14)10(3)4;/h2*1,3,5-8H2,2,4H3,(H,15,16);/q;;+2/p-2. The Labute approximate surface area is 280 Å². The van der Waals surface area contributed by atoms with Gasteiger partial charge in [-0.1, -0.05) is 26.3 Å². The van der Waals surface area contributed by atoms with E-state index in [-0.39, 0.29) is 113 Å². The van der Waals surface area contributed by atoms with E-state index in [1.165, 1.54) is 27.7 Å². The molecular weight excluding hydrogens is 646 g/mol. The van der Waals surface area contributed by atoms with Crippen molar-refractivity contribution in [3.8, 4) is 0 Å². The summed E-state index contributed by atoms with van der Waals surface area (Å²) in [5.74, 6) is -2.59. The molecule has 0 N–H and O–H groups in total. The Morgan fingerprint density at radius 1 is 0.465 bits per heavy atom. The number of hydrogen-bond donors (Lipinski definition) is 0. The van der Waals surface area contributed by atoms with Gasteiger partial charge in [0.1, 0.15) is 26.4 Å². The molecule has 0 saturated heterocycles. The second-order valence-corrected chi connectivity index (χ2v) is 10.7. The van der Waals surface area contributed by atoms with Crippen molar-refractivity contribution in [3.05, 3.63) is 48.6 Å². The van der Waals surface area contributed by atoms with E-state index in [2.05, 4.69) is 63.4 Å². The van der Waals surface area contributed by atoms with Crippen LogP contribution in [-0.4, -0.2) is 114 Å². The zero-order valence-corrected chi connectivity index (χ0v) is 28.6. The summed E-state index contributed by atoms with van der Waals surface area (Å²) in [6, 6.07) is 0. The minimum Gasteiger partial charge on any atom is -0.756 e. The maximum atomic E-state index is 11.3. The Hall–Kier alpha value is -1.68. The number of hydrogen-bond acceptors (Lipinski definition) is 16. The van der Waals surface area contributed by atoms with Gasteiger partial charge in [-0.05, 0) is 27.7 Å². The topological polar surface area (TPSA) is 222 Å². The first-order valence-corrected chi connectivity index (χ1v) is 14.7. The quantitative estimate of drug-likeness (QED) is 0.0437. The molecule has 0 unspecified atom stereocenters. The van der Waals surface area contributed by atoms with E-state index in [0.29, 0.717) is 0 Å².